The molecular weight excluding hydrogens is 995 g/mol. The van der Waals surface area contributed by atoms with Crippen LogP contribution in [0.15, 0.2) is 85.1 Å². The molecule has 80 heavy (non-hydrogen) atoms. The Bertz CT molecular complexity index is 1540. The van der Waals surface area contributed by atoms with Crippen LogP contribution >= 0.6 is 0 Å². The highest BCUT2D eigenvalue weighted by molar-refractivity contribution is 5.76. The Balaban J connectivity index is 2.13. The number of allylic oxidation sites excluding steroid dienone is 13. The highest BCUT2D eigenvalue weighted by Gasteiger charge is 2.44. The molecule has 1 rings (SSSR count). The molecule has 0 aromatic heterocycles. The zero-order valence-electron chi connectivity index (χ0n) is 51.8. The molecule has 1 saturated heterocycles. The largest absolute Gasteiger partial charge is 0.394 e. The fourth-order valence-corrected chi connectivity index (χ4v) is 10.5. The molecular formula is C71H127NO8. The summed E-state index contributed by atoms with van der Waals surface area (Å²) in [7, 11) is 0. The van der Waals surface area contributed by atoms with Gasteiger partial charge in [0.25, 0.3) is 0 Å². The van der Waals surface area contributed by atoms with Gasteiger partial charge in [0.15, 0.2) is 6.29 Å². The standard InChI is InChI=1S/C71H127NO8/c1-3-5-7-9-11-13-15-17-19-21-23-25-27-28-29-30-31-32-33-34-35-36-37-38-39-41-43-45-47-49-51-53-55-57-59-61-67(75)72-64(63-79-71-70(78)69(77)68(76)66(62-73)80-71)65(74)60-58-56-54-52-50-48-46-44-42-40-26-24-22-20-18-16-14-12-10-8-6-4-2/h5,7,11,13,17,19,23,25,28-29,31-32,58,60,64-66,68-71,73-74,76-78H,3-4,6,8-10,12,14-16,18,20-22,24,26-27,30,33-57,59,61-63H2,1-2H3,(H,72,75)/b7-5-,13-11-,19-17-,25-23-,29-28-,32-31-,60-58+. The molecule has 0 bridgehead atoms. The summed E-state index contributed by atoms with van der Waals surface area (Å²) in [5.41, 5.74) is 0. The van der Waals surface area contributed by atoms with Crippen LogP contribution in [0.5, 0.6) is 0 Å². The van der Waals surface area contributed by atoms with Gasteiger partial charge in [-0.05, 0) is 70.6 Å². The van der Waals surface area contributed by atoms with E-state index < -0.39 is 49.5 Å². The Morgan fingerprint density at radius 2 is 0.775 bits per heavy atom. The first kappa shape index (κ1) is 75.4. The molecule has 1 amide bonds. The van der Waals surface area contributed by atoms with Gasteiger partial charge in [0.2, 0.25) is 5.91 Å². The minimum Gasteiger partial charge on any atom is -0.394 e. The van der Waals surface area contributed by atoms with E-state index in [0.29, 0.717) is 6.42 Å². The number of nitrogens with one attached hydrogen (secondary N) is 1. The highest BCUT2D eigenvalue weighted by Crippen LogP contribution is 2.23. The number of rotatable bonds is 58. The van der Waals surface area contributed by atoms with Crippen molar-refractivity contribution in [2.24, 2.45) is 0 Å². The van der Waals surface area contributed by atoms with Gasteiger partial charge < -0.3 is 40.3 Å². The number of amides is 1. The number of aliphatic hydroxyl groups excluding tert-OH is 5. The molecule has 1 heterocycles. The smallest absolute Gasteiger partial charge is 0.220 e. The van der Waals surface area contributed by atoms with E-state index in [1.54, 1.807) is 6.08 Å². The first-order valence-electron chi connectivity index (χ1n) is 33.8. The molecule has 0 spiro atoms. The van der Waals surface area contributed by atoms with Crippen LogP contribution in [0.25, 0.3) is 0 Å². The lowest BCUT2D eigenvalue weighted by atomic mass is 9.99. The third-order valence-electron chi connectivity index (χ3n) is 15.7. The fraction of sp³-hybridized carbons (Fsp3) is 0.789. The lowest BCUT2D eigenvalue weighted by Crippen LogP contribution is -2.60. The minimum atomic E-state index is -1.57. The highest BCUT2D eigenvalue weighted by atomic mass is 16.7. The molecule has 0 aliphatic carbocycles. The molecule has 7 unspecified atom stereocenters. The molecule has 464 valence electrons. The van der Waals surface area contributed by atoms with Crippen molar-refractivity contribution in [3.8, 4) is 0 Å². The second-order valence-corrected chi connectivity index (χ2v) is 23.2. The maximum absolute atomic E-state index is 13.1. The van der Waals surface area contributed by atoms with Gasteiger partial charge in [0.1, 0.15) is 24.4 Å². The second-order valence-electron chi connectivity index (χ2n) is 23.2. The maximum atomic E-state index is 13.1. The van der Waals surface area contributed by atoms with Gasteiger partial charge in [-0.2, -0.15) is 0 Å². The lowest BCUT2D eigenvalue weighted by Gasteiger charge is -2.40. The van der Waals surface area contributed by atoms with Gasteiger partial charge in [0.05, 0.1) is 25.4 Å². The summed E-state index contributed by atoms with van der Waals surface area (Å²) in [5.74, 6) is -0.175. The molecule has 0 radical (unpaired) electrons. The van der Waals surface area contributed by atoms with E-state index in [0.717, 1.165) is 77.0 Å². The Morgan fingerprint density at radius 1 is 0.438 bits per heavy atom. The molecule has 9 nitrogen and oxygen atoms in total. The van der Waals surface area contributed by atoms with Gasteiger partial charge in [-0.3, -0.25) is 4.79 Å². The van der Waals surface area contributed by atoms with Crippen LogP contribution in [0.1, 0.15) is 303 Å². The van der Waals surface area contributed by atoms with Gasteiger partial charge in [0, 0.05) is 6.42 Å². The third kappa shape index (κ3) is 47.8. The van der Waals surface area contributed by atoms with Crippen molar-refractivity contribution in [3.05, 3.63) is 85.1 Å². The average Bonchev–Trinajstić information content (AvgIpc) is 3.46. The molecule has 6 N–H and O–H groups in total. The van der Waals surface area contributed by atoms with E-state index in [4.69, 9.17) is 9.47 Å². The SMILES string of the molecule is CC/C=C\C/C=C\C/C=C\C/C=C\C/C=C\C/C=C\CCCCCCCCCCCCCCCCCCC(=O)NC(COC1OC(CO)C(O)C(O)C1O)C(O)/C=C/CCCCCCCCCCCCCCCCCCCCCC. The fourth-order valence-electron chi connectivity index (χ4n) is 10.5. The lowest BCUT2D eigenvalue weighted by molar-refractivity contribution is -0.302. The minimum absolute atomic E-state index is 0.175. The van der Waals surface area contributed by atoms with E-state index in [1.807, 2.05) is 6.08 Å². The normalized spacial score (nSPS) is 19.0. The van der Waals surface area contributed by atoms with Crippen LogP contribution in [-0.4, -0.2) is 87.5 Å². The number of ether oxygens (including phenoxy) is 2. The Hall–Kier alpha value is -2.63. The van der Waals surface area contributed by atoms with Crippen LogP contribution in [0.2, 0.25) is 0 Å². The van der Waals surface area contributed by atoms with Crippen molar-refractivity contribution < 1.29 is 39.8 Å². The number of carbonyl (C=O) groups excluding carboxylic acids is 1. The Kier molecular flexibility index (Phi) is 56.1. The summed E-state index contributed by atoms with van der Waals surface area (Å²) in [4.78, 5) is 13.1. The van der Waals surface area contributed by atoms with Gasteiger partial charge in [-0.25, -0.2) is 0 Å². The third-order valence-corrected chi connectivity index (χ3v) is 15.7. The van der Waals surface area contributed by atoms with Crippen LogP contribution in [-0.2, 0) is 14.3 Å². The van der Waals surface area contributed by atoms with Crippen LogP contribution in [0.3, 0.4) is 0 Å². The number of hydrogen-bond donors (Lipinski definition) is 6. The van der Waals surface area contributed by atoms with Crippen LogP contribution in [0, 0.1) is 0 Å². The number of unbranched alkanes of at least 4 members (excludes halogenated alkanes) is 36. The van der Waals surface area contributed by atoms with Gasteiger partial charge in [-0.1, -0.05) is 311 Å². The van der Waals surface area contributed by atoms with Crippen LogP contribution in [0.4, 0.5) is 0 Å². The maximum Gasteiger partial charge on any atom is 0.220 e. The Morgan fingerprint density at radius 3 is 1.15 bits per heavy atom. The predicted molar refractivity (Wildman–Crippen MR) is 341 cm³/mol. The second kappa shape index (κ2) is 59.5. The molecule has 0 aromatic rings. The molecule has 1 fully saturated rings. The molecule has 0 aromatic carbocycles. The number of carbonyl (C=O) groups is 1. The predicted octanol–water partition coefficient (Wildman–Crippen LogP) is 18.1. The van der Waals surface area contributed by atoms with Crippen molar-refractivity contribution >= 4 is 5.91 Å². The zero-order valence-corrected chi connectivity index (χ0v) is 51.8. The van der Waals surface area contributed by atoms with E-state index in [1.165, 1.54) is 205 Å². The summed E-state index contributed by atoms with van der Waals surface area (Å²) < 4.78 is 11.3. The van der Waals surface area contributed by atoms with E-state index in [-0.39, 0.29) is 12.5 Å². The zero-order chi connectivity index (χ0) is 57.9. The van der Waals surface area contributed by atoms with Crippen molar-refractivity contribution in [1.82, 2.24) is 5.32 Å². The quantitative estimate of drug-likeness (QED) is 0.0261. The number of aliphatic hydroxyl groups is 5. The molecule has 9 heteroatoms. The van der Waals surface area contributed by atoms with Gasteiger partial charge in [-0.15, -0.1) is 0 Å². The summed E-state index contributed by atoms with van der Waals surface area (Å²) in [5, 5.41) is 54.7. The first-order valence-corrected chi connectivity index (χ1v) is 33.8. The number of hydrogen-bond acceptors (Lipinski definition) is 8. The molecule has 7 atom stereocenters. The summed E-state index contributed by atoms with van der Waals surface area (Å²) >= 11 is 0. The van der Waals surface area contributed by atoms with Crippen molar-refractivity contribution in [3.63, 3.8) is 0 Å². The molecule has 0 saturated carbocycles. The topological polar surface area (TPSA) is 149 Å². The Labute approximate surface area is 492 Å². The summed E-state index contributed by atoms with van der Waals surface area (Å²) in [6.07, 6.45) is 78.1. The van der Waals surface area contributed by atoms with Gasteiger partial charge >= 0.3 is 0 Å². The van der Waals surface area contributed by atoms with Crippen molar-refractivity contribution in [2.75, 3.05) is 13.2 Å². The van der Waals surface area contributed by atoms with Crippen molar-refractivity contribution in [1.29, 1.82) is 0 Å². The van der Waals surface area contributed by atoms with E-state index in [9.17, 15) is 30.3 Å². The van der Waals surface area contributed by atoms with Crippen LogP contribution < -0.4 is 5.32 Å². The monoisotopic (exact) mass is 1120 g/mol. The summed E-state index contributed by atoms with van der Waals surface area (Å²) in [6, 6.07) is -0.809. The molecule has 1 aliphatic heterocycles. The first-order chi connectivity index (χ1) is 39.3. The van der Waals surface area contributed by atoms with Crippen molar-refractivity contribution in [2.45, 2.75) is 346 Å². The van der Waals surface area contributed by atoms with E-state index >= 15 is 0 Å². The van der Waals surface area contributed by atoms with E-state index in [2.05, 4.69) is 92.1 Å². The summed E-state index contributed by atoms with van der Waals surface area (Å²) in [6.45, 7) is 3.70. The average molecular weight is 1120 g/mol. The molecule has 1 aliphatic rings.